The SMILES string of the molecule is C=CCCOC(=O)c1ccc(C(=O)OCCCCCCCCCCCCCCCC)cc1. The maximum Gasteiger partial charge on any atom is 0.338 e. The first-order valence-corrected chi connectivity index (χ1v) is 12.7. The number of carbonyl (C=O) groups is 2. The first kappa shape index (κ1) is 27.9. The number of carbonyl (C=O) groups excluding carboxylic acids is 2. The lowest BCUT2D eigenvalue weighted by Crippen LogP contribution is -2.09. The van der Waals surface area contributed by atoms with E-state index in [0.717, 1.165) is 12.8 Å². The lowest BCUT2D eigenvalue weighted by atomic mass is 10.0. The molecule has 0 N–H and O–H groups in total. The van der Waals surface area contributed by atoms with E-state index in [-0.39, 0.29) is 5.97 Å². The minimum Gasteiger partial charge on any atom is -0.462 e. The van der Waals surface area contributed by atoms with E-state index in [2.05, 4.69) is 13.5 Å². The number of rotatable bonds is 20. The van der Waals surface area contributed by atoms with Gasteiger partial charge in [0, 0.05) is 0 Å². The molecule has 0 heterocycles. The second-order valence-corrected chi connectivity index (χ2v) is 8.52. The molecule has 180 valence electrons. The molecule has 0 atom stereocenters. The summed E-state index contributed by atoms with van der Waals surface area (Å²) in [7, 11) is 0. The number of hydrogen-bond donors (Lipinski definition) is 0. The molecule has 1 rings (SSSR count). The van der Waals surface area contributed by atoms with Gasteiger partial charge in [0.1, 0.15) is 0 Å². The van der Waals surface area contributed by atoms with Gasteiger partial charge in [-0.15, -0.1) is 6.58 Å². The average Bonchev–Trinajstić information content (AvgIpc) is 2.81. The van der Waals surface area contributed by atoms with Crippen LogP contribution >= 0.6 is 0 Å². The Morgan fingerprint density at radius 3 is 1.44 bits per heavy atom. The Morgan fingerprint density at radius 2 is 1.03 bits per heavy atom. The Bertz CT molecular complexity index is 621. The smallest absolute Gasteiger partial charge is 0.338 e. The van der Waals surface area contributed by atoms with Gasteiger partial charge in [-0.3, -0.25) is 0 Å². The number of hydrogen-bond acceptors (Lipinski definition) is 4. The Labute approximate surface area is 195 Å². The van der Waals surface area contributed by atoms with Crippen LogP contribution in [-0.4, -0.2) is 25.2 Å². The van der Waals surface area contributed by atoms with E-state index in [1.54, 1.807) is 30.3 Å². The molecule has 1 aromatic rings. The van der Waals surface area contributed by atoms with Gasteiger partial charge in [0.25, 0.3) is 0 Å². The molecule has 0 radical (unpaired) electrons. The van der Waals surface area contributed by atoms with Gasteiger partial charge in [-0.25, -0.2) is 9.59 Å². The van der Waals surface area contributed by atoms with Crippen molar-refractivity contribution < 1.29 is 19.1 Å². The summed E-state index contributed by atoms with van der Waals surface area (Å²) in [5.74, 6) is -0.736. The van der Waals surface area contributed by atoms with E-state index in [1.807, 2.05) is 0 Å². The zero-order valence-electron chi connectivity index (χ0n) is 20.2. The zero-order valence-corrected chi connectivity index (χ0v) is 20.2. The normalized spacial score (nSPS) is 10.7. The third-order valence-corrected chi connectivity index (χ3v) is 5.64. The van der Waals surface area contributed by atoms with Crippen molar-refractivity contribution in [3.8, 4) is 0 Å². The average molecular weight is 445 g/mol. The summed E-state index contributed by atoms with van der Waals surface area (Å²) >= 11 is 0. The van der Waals surface area contributed by atoms with Crippen molar-refractivity contribution in [3.05, 3.63) is 48.0 Å². The summed E-state index contributed by atoms with van der Waals surface area (Å²) < 4.78 is 10.5. The molecule has 4 nitrogen and oxygen atoms in total. The van der Waals surface area contributed by atoms with Crippen LogP contribution < -0.4 is 0 Å². The second kappa shape index (κ2) is 19.6. The molecule has 0 aromatic heterocycles. The third-order valence-electron chi connectivity index (χ3n) is 5.64. The van der Waals surface area contributed by atoms with Crippen molar-refractivity contribution in [3.63, 3.8) is 0 Å². The fraction of sp³-hybridized carbons (Fsp3) is 0.643. The Morgan fingerprint density at radius 1 is 0.656 bits per heavy atom. The van der Waals surface area contributed by atoms with Crippen molar-refractivity contribution in [2.24, 2.45) is 0 Å². The molecule has 32 heavy (non-hydrogen) atoms. The lowest BCUT2D eigenvalue weighted by molar-refractivity contribution is 0.0488. The summed E-state index contributed by atoms with van der Waals surface area (Å²) in [5, 5.41) is 0. The van der Waals surface area contributed by atoms with Gasteiger partial charge in [0.05, 0.1) is 24.3 Å². The van der Waals surface area contributed by atoms with Crippen LogP contribution in [0.15, 0.2) is 36.9 Å². The number of esters is 2. The van der Waals surface area contributed by atoms with Crippen LogP contribution in [0, 0.1) is 0 Å². The molecular weight excluding hydrogens is 400 g/mol. The molecule has 1 aromatic carbocycles. The summed E-state index contributed by atoms with van der Waals surface area (Å²) in [4.78, 5) is 24.0. The van der Waals surface area contributed by atoms with Crippen molar-refractivity contribution in [2.75, 3.05) is 13.2 Å². The predicted octanol–water partition coefficient (Wildman–Crippen LogP) is 8.06. The molecule has 0 saturated heterocycles. The molecular formula is C28H44O4. The summed E-state index contributed by atoms with van der Waals surface area (Å²) in [6, 6.07) is 6.41. The fourth-order valence-corrected chi connectivity index (χ4v) is 3.61. The van der Waals surface area contributed by atoms with E-state index >= 15 is 0 Å². The Hall–Kier alpha value is -2.10. The first-order valence-electron chi connectivity index (χ1n) is 12.7. The second-order valence-electron chi connectivity index (χ2n) is 8.52. The van der Waals surface area contributed by atoms with E-state index < -0.39 is 5.97 Å². The van der Waals surface area contributed by atoms with Crippen LogP contribution in [0.5, 0.6) is 0 Å². The highest BCUT2D eigenvalue weighted by Gasteiger charge is 2.10. The minimum absolute atomic E-state index is 0.311. The monoisotopic (exact) mass is 444 g/mol. The van der Waals surface area contributed by atoms with Gasteiger partial charge in [-0.2, -0.15) is 0 Å². The number of unbranched alkanes of at least 4 members (excludes halogenated alkanes) is 13. The van der Waals surface area contributed by atoms with Gasteiger partial charge in [0.15, 0.2) is 0 Å². The lowest BCUT2D eigenvalue weighted by Gasteiger charge is -2.06. The molecule has 0 aliphatic heterocycles. The van der Waals surface area contributed by atoms with Gasteiger partial charge in [-0.05, 0) is 37.1 Å². The summed E-state index contributed by atoms with van der Waals surface area (Å²) in [6.45, 7) is 6.61. The van der Waals surface area contributed by atoms with Crippen LogP contribution in [0.25, 0.3) is 0 Å². The Kier molecular flexibility index (Phi) is 17.1. The highest BCUT2D eigenvalue weighted by molar-refractivity contribution is 5.93. The highest BCUT2D eigenvalue weighted by atomic mass is 16.5. The Balaban J connectivity index is 1.99. The molecule has 0 bridgehead atoms. The molecule has 0 unspecified atom stereocenters. The van der Waals surface area contributed by atoms with Crippen molar-refractivity contribution in [1.82, 2.24) is 0 Å². The maximum absolute atomic E-state index is 12.1. The first-order chi connectivity index (χ1) is 15.7. The predicted molar refractivity (Wildman–Crippen MR) is 132 cm³/mol. The van der Waals surface area contributed by atoms with E-state index in [0.29, 0.717) is 30.8 Å². The van der Waals surface area contributed by atoms with E-state index in [1.165, 1.54) is 77.0 Å². The summed E-state index contributed by atoms with van der Waals surface area (Å²) in [5.41, 5.74) is 0.885. The van der Waals surface area contributed by atoms with Crippen LogP contribution in [0.3, 0.4) is 0 Å². The highest BCUT2D eigenvalue weighted by Crippen LogP contribution is 2.13. The summed E-state index contributed by atoms with van der Waals surface area (Å²) in [6.07, 6.45) is 20.6. The number of benzene rings is 1. The van der Waals surface area contributed by atoms with Crippen LogP contribution in [-0.2, 0) is 9.47 Å². The van der Waals surface area contributed by atoms with Crippen LogP contribution in [0.2, 0.25) is 0 Å². The quantitative estimate of drug-likeness (QED) is 0.116. The van der Waals surface area contributed by atoms with Crippen LogP contribution in [0.1, 0.15) is 124 Å². The van der Waals surface area contributed by atoms with Crippen molar-refractivity contribution in [2.45, 2.75) is 103 Å². The van der Waals surface area contributed by atoms with Crippen molar-refractivity contribution in [1.29, 1.82) is 0 Å². The third kappa shape index (κ3) is 14.1. The van der Waals surface area contributed by atoms with Gasteiger partial charge in [-0.1, -0.05) is 96.5 Å². The van der Waals surface area contributed by atoms with Crippen LogP contribution in [0.4, 0.5) is 0 Å². The fourth-order valence-electron chi connectivity index (χ4n) is 3.61. The topological polar surface area (TPSA) is 52.6 Å². The maximum atomic E-state index is 12.1. The molecule has 0 aliphatic rings. The van der Waals surface area contributed by atoms with Gasteiger partial charge in [0.2, 0.25) is 0 Å². The minimum atomic E-state index is -0.394. The molecule has 0 amide bonds. The zero-order chi connectivity index (χ0) is 23.3. The molecule has 0 spiro atoms. The standard InChI is InChI=1S/C28H44O4/c1-3-5-7-8-9-10-11-12-13-14-15-16-17-18-24-32-28(30)26-21-19-25(20-22-26)27(29)31-23-6-4-2/h4,19-22H,2-3,5-18,23-24H2,1H3. The van der Waals surface area contributed by atoms with Gasteiger partial charge < -0.3 is 9.47 Å². The van der Waals surface area contributed by atoms with E-state index in [9.17, 15) is 9.59 Å². The largest absolute Gasteiger partial charge is 0.462 e. The van der Waals surface area contributed by atoms with Gasteiger partial charge >= 0.3 is 11.9 Å². The van der Waals surface area contributed by atoms with E-state index in [4.69, 9.17) is 9.47 Å². The molecule has 0 saturated carbocycles. The molecule has 0 fully saturated rings. The molecule has 0 aliphatic carbocycles. The molecule has 4 heteroatoms. The van der Waals surface area contributed by atoms with Crippen molar-refractivity contribution >= 4 is 11.9 Å². The number of ether oxygens (including phenoxy) is 2.